The zero-order chi connectivity index (χ0) is 28.8. The highest BCUT2D eigenvalue weighted by molar-refractivity contribution is 9.10. The molecule has 6 atom stereocenters. The second-order valence-corrected chi connectivity index (χ2v) is 16.0. The Kier molecular flexibility index (Phi) is 6.29. The normalized spacial score (nSPS) is 31.7. The molecular weight excluding hydrogens is 600 g/mol. The number of thiophene rings is 1. The predicted molar refractivity (Wildman–Crippen MR) is 177 cm³/mol. The Labute approximate surface area is 261 Å². The van der Waals surface area contributed by atoms with Crippen LogP contribution >= 0.6 is 27.3 Å². The Bertz CT molecular complexity index is 1710. The lowest BCUT2D eigenvalue weighted by Gasteiger charge is -2.59. The number of rotatable bonds is 3. The van der Waals surface area contributed by atoms with E-state index in [1.807, 2.05) is 24.3 Å². The molecule has 4 aromatic rings. The van der Waals surface area contributed by atoms with E-state index < -0.39 is 0 Å². The maximum Gasteiger partial charge on any atom is 0.205 e. The van der Waals surface area contributed by atoms with Gasteiger partial charge in [0.05, 0.1) is 11.4 Å². The van der Waals surface area contributed by atoms with Crippen LogP contribution in [0.4, 0.5) is 5.69 Å². The molecular formula is C37H39BrN2OS. The minimum atomic E-state index is -0.0238. The summed E-state index contributed by atoms with van der Waals surface area (Å²) in [6.07, 6.45) is 12.1. The lowest BCUT2D eigenvalue weighted by atomic mass is 9.45. The molecule has 0 aliphatic heterocycles. The van der Waals surface area contributed by atoms with Crippen LogP contribution in [0.1, 0.15) is 91.7 Å². The monoisotopic (exact) mass is 638 g/mol. The molecule has 0 amide bonds. The van der Waals surface area contributed by atoms with E-state index in [0.29, 0.717) is 27.5 Å². The number of nitrogens with zero attached hydrogens (tertiary/aromatic N) is 1. The van der Waals surface area contributed by atoms with Crippen molar-refractivity contribution in [3.8, 4) is 11.1 Å². The van der Waals surface area contributed by atoms with Gasteiger partial charge in [0.25, 0.3) is 0 Å². The highest BCUT2D eigenvalue weighted by atomic mass is 79.9. The third kappa shape index (κ3) is 3.81. The number of pyridine rings is 1. The van der Waals surface area contributed by atoms with E-state index in [9.17, 15) is 4.79 Å². The maximum absolute atomic E-state index is 13.7. The van der Waals surface area contributed by atoms with Gasteiger partial charge in [0.15, 0.2) is 0 Å². The summed E-state index contributed by atoms with van der Waals surface area (Å²) in [6.45, 7) is 5.18. The van der Waals surface area contributed by atoms with Crippen LogP contribution < -0.4 is 5.73 Å². The third-order valence-corrected chi connectivity index (χ3v) is 13.9. The number of ketones is 1. The number of benzene rings is 2. The quantitative estimate of drug-likeness (QED) is 0.227. The SMILES string of the molecule is C[C@]12CCCC[C@@H]1CC[C@H]1[C@@H]2CC[C@]2(C)c3nc4sc(C(=O)c5ccc(Br)cc5)c(N)c4c(-c4ccccc4)c3C[C@@H]12. The van der Waals surface area contributed by atoms with Crippen LogP contribution in [0.25, 0.3) is 21.3 Å². The molecule has 3 saturated carbocycles. The number of hydrogen-bond donors (Lipinski definition) is 1. The van der Waals surface area contributed by atoms with Crippen LogP contribution in [-0.2, 0) is 11.8 Å². The van der Waals surface area contributed by atoms with Crippen molar-refractivity contribution < 1.29 is 4.79 Å². The Morgan fingerprint density at radius 2 is 1.74 bits per heavy atom. The minimum Gasteiger partial charge on any atom is -0.397 e. The van der Waals surface area contributed by atoms with E-state index >= 15 is 0 Å². The summed E-state index contributed by atoms with van der Waals surface area (Å²) < 4.78 is 0.955. The van der Waals surface area contributed by atoms with E-state index in [1.165, 1.54) is 85.1 Å². The van der Waals surface area contributed by atoms with Gasteiger partial charge >= 0.3 is 0 Å². The van der Waals surface area contributed by atoms with Crippen molar-refractivity contribution in [3.05, 3.63) is 80.8 Å². The van der Waals surface area contributed by atoms with E-state index in [0.717, 1.165) is 38.9 Å². The van der Waals surface area contributed by atoms with Crippen LogP contribution in [-0.4, -0.2) is 10.8 Å². The zero-order valence-electron chi connectivity index (χ0n) is 24.6. The van der Waals surface area contributed by atoms with Crippen molar-refractivity contribution in [2.75, 3.05) is 5.73 Å². The zero-order valence-corrected chi connectivity index (χ0v) is 27.0. The molecule has 2 aromatic carbocycles. The number of fused-ring (bicyclic) bond motifs is 8. The number of carbonyl (C=O) groups is 1. The van der Waals surface area contributed by atoms with Crippen molar-refractivity contribution in [1.29, 1.82) is 0 Å². The summed E-state index contributed by atoms with van der Waals surface area (Å²) in [6, 6.07) is 18.3. The molecule has 0 bridgehead atoms. The van der Waals surface area contributed by atoms with Gasteiger partial charge in [-0.25, -0.2) is 4.98 Å². The minimum absolute atomic E-state index is 0.0238. The molecule has 4 aliphatic carbocycles. The fourth-order valence-electron chi connectivity index (χ4n) is 10.2. The van der Waals surface area contributed by atoms with Gasteiger partial charge in [-0.05, 0) is 115 Å². The summed E-state index contributed by atoms with van der Waals surface area (Å²) in [5.41, 5.74) is 13.9. The first-order chi connectivity index (χ1) is 20.3. The fraction of sp³-hybridized carbons (Fsp3) is 0.459. The van der Waals surface area contributed by atoms with Crippen LogP contribution in [0.3, 0.4) is 0 Å². The average Bonchev–Trinajstić information content (AvgIpc) is 3.49. The smallest absolute Gasteiger partial charge is 0.205 e. The van der Waals surface area contributed by atoms with Crippen LogP contribution in [0.5, 0.6) is 0 Å². The molecule has 5 heteroatoms. The first-order valence-corrected chi connectivity index (χ1v) is 17.5. The van der Waals surface area contributed by atoms with Crippen LogP contribution in [0.15, 0.2) is 59.1 Å². The van der Waals surface area contributed by atoms with Crippen LogP contribution in [0.2, 0.25) is 0 Å². The Balaban J connectivity index is 1.28. The van der Waals surface area contributed by atoms with Gasteiger partial charge < -0.3 is 5.73 Å². The first-order valence-electron chi connectivity index (χ1n) is 15.9. The molecule has 0 saturated heterocycles. The molecule has 3 fully saturated rings. The third-order valence-electron chi connectivity index (χ3n) is 12.3. The summed E-state index contributed by atoms with van der Waals surface area (Å²) in [5.74, 6) is 3.13. The Morgan fingerprint density at radius 3 is 2.52 bits per heavy atom. The molecule has 2 heterocycles. The van der Waals surface area contributed by atoms with E-state index in [-0.39, 0.29) is 11.2 Å². The molecule has 2 aromatic heterocycles. The van der Waals surface area contributed by atoms with Crippen molar-refractivity contribution in [3.63, 3.8) is 0 Å². The highest BCUT2D eigenvalue weighted by Gasteiger charge is 2.59. The van der Waals surface area contributed by atoms with E-state index in [4.69, 9.17) is 10.7 Å². The number of halogens is 1. The molecule has 3 nitrogen and oxygen atoms in total. The van der Waals surface area contributed by atoms with E-state index in [2.05, 4.69) is 60.1 Å². The van der Waals surface area contributed by atoms with Gasteiger partial charge in [-0.1, -0.05) is 73.0 Å². The summed E-state index contributed by atoms with van der Waals surface area (Å²) in [5, 5.41) is 0.979. The largest absolute Gasteiger partial charge is 0.397 e. The second-order valence-electron chi connectivity index (χ2n) is 14.1. The number of nitrogen functional groups attached to an aromatic ring is 1. The number of aromatic nitrogens is 1. The van der Waals surface area contributed by atoms with Crippen molar-refractivity contribution >= 4 is 49.0 Å². The molecule has 0 spiro atoms. The van der Waals surface area contributed by atoms with Gasteiger partial charge in [0, 0.05) is 20.8 Å². The summed E-state index contributed by atoms with van der Waals surface area (Å²) in [4.78, 5) is 20.7. The molecule has 0 radical (unpaired) electrons. The number of nitrogens with two attached hydrogens (primary N) is 1. The molecule has 4 aliphatic rings. The van der Waals surface area contributed by atoms with Gasteiger partial charge in [0.1, 0.15) is 9.71 Å². The Hall–Kier alpha value is -2.50. The Morgan fingerprint density at radius 1 is 0.952 bits per heavy atom. The topological polar surface area (TPSA) is 56.0 Å². The van der Waals surface area contributed by atoms with Crippen molar-refractivity contribution in [2.24, 2.45) is 29.1 Å². The molecule has 216 valence electrons. The summed E-state index contributed by atoms with van der Waals surface area (Å²) >= 11 is 4.97. The maximum atomic E-state index is 13.7. The average molecular weight is 640 g/mol. The fourth-order valence-corrected chi connectivity index (χ4v) is 11.5. The highest BCUT2D eigenvalue weighted by Crippen LogP contribution is 2.66. The molecule has 8 rings (SSSR count). The lowest BCUT2D eigenvalue weighted by molar-refractivity contribution is -0.0907. The standard InChI is InChI=1S/C37H39BrN2OS/c1-36-18-7-6-10-23(36)13-16-25-27(36)17-19-37(2)28(25)20-26-29(21-8-4-3-5-9-21)30-31(39)33(42-35(30)40-34(26)37)32(41)22-11-14-24(38)15-12-22/h3-5,8-9,11-12,14-15,23,25,27-28H,6-7,10,13,16-20,39H2,1-2H3/t23-,25+,27+,28+,36+,37+/m1/s1. The molecule has 2 N–H and O–H groups in total. The lowest BCUT2D eigenvalue weighted by Crippen LogP contribution is -2.53. The predicted octanol–water partition coefficient (Wildman–Crippen LogP) is 9.99. The molecule has 42 heavy (non-hydrogen) atoms. The number of hydrogen-bond acceptors (Lipinski definition) is 4. The van der Waals surface area contributed by atoms with Gasteiger partial charge in [-0.3, -0.25) is 4.79 Å². The van der Waals surface area contributed by atoms with Crippen molar-refractivity contribution in [2.45, 2.75) is 77.0 Å². The van der Waals surface area contributed by atoms with E-state index in [1.54, 1.807) is 0 Å². The van der Waals surface area contributed by atoms with Gasteiger partial charge in [-0.2, -0.15) is 0 Å². The first kappa shape index (κ1) is 27.1. The van der Waals surface area contributed by atoms with Gasteiger partial charge in [0.2, 0.25) is 5.78 Å². The number of anilines is 1. The van der Waals surface area contributed by atoms with Gasteiger partial charge in [-0.15, -0.1) is 11.3 Å². The summed E-state index contributed by atoms with van der Waals surface area (Å²) in [7, 11) is 0. The second kappa shape index (κ2) is 9.75. The van der Waals surface area contributed by atoms with Crippen LogP contribution in [0, 0.1) is 29.1 Å². The van der Waals surface area contributed by atoms with Crippen molar-refractivity contribution in [1.82, 2.24) is 4.98 Å². The molecule has 0 unspecified atom stereocenters. The number of carbonyl (C=O) groups excluding carboxylic acids is 1.